The van der Waals surface area contributed by atoms with Crippen molar-refractivity contribution in [2.45, 2.75) is 19.0 Å². The van der Waals surface area contributed by atoms with Gasteiger partial charge in [0.2, 0.25) is 0 Å². The van der Waals surface area contributed by atoms with Crippen LogP contribution in [0.15, 0.2) is 24.3 Å². The standard InChI is InChI=1S/C11H14F3NS/c1-9-3-2-4-10(7-9)8-15-5-6-16-11(12,13)14/h2-4,7,15H,5-6,8H2,1H3. The van der Waals surface area contributed by atoms with Gasteiger partial charge in [0.05, 0.1) is 0 Å². The molecule has 0 aliphatic heterocycles. The van der Waals surface area contributed by atoms with Crippen LogP contribution in [0.2, 0.25) is 0 Å². The zero-order valence-electron chi connectivity index (χ0n) is 8.97. The molecule has 0 spiro atoms. The Labute approximate surface area is 97.4 Å². The molecule has 16 heavy (non-hydrogen) atoms. The van der Waals surface area contributed by atoms with Crippen molar-refractivity contribution in [1.82, 2.24) is 5.32 Å². The van der Waals surface area contributed by atoms with Crippen LogP contribution in [0.4, 0.5) is 13.2 Å². The summed E-state index contributed by atoms with van der Waals surface area (Å²) in [5.74, 6) is 0.0509. The van der Waals surface area contributed by atoms with Gasteiger partial charge in [-0.2, -0.15) is 13.2 Å². The molecule has 1 rings (SSSR count). The van der Waals surface area contributed by atoms with Gasteiger partial charge in [0.1, 0.15) is 0 Å². The van der Waals surface area contributed by atoms with Gasteiger partial charge in [-0.1, -0.05) is 29.8 Å². The molecule has 0 aliphatic carbocycles. The van der Waals surface area contributed by atoms with Crippen LogP contribution in [0.5, 0.6) is 0 Å². The van der Waals surface area contributed by atoms with Crippen LogP contribution >= 0.6 is 11.8 Å². The molecule has 0 amide bonds. The minimum Gasteiger partial charge on any atom is -0.312 e. The summed E-state index contributed by atoms with van der Waals surface area (Å²) in [5, 5.41) is 2.98. The molecule has 0 fully saturated rings. The molecule has 1 aromatic rings. The number of aryl methyl sites for hydroxylation is 1. The van der Waals surface area contributed by atoms with Crippen LogP contribution in [0.3, 0.4) is 0 Å². The van der Waals surface area contributed by atoms with E-state index >= 15 is 0 Å². The first-order valence-electron chi connectivity index (χ1n) is 4.94. The largest absolute Gasteiger partial charge is 0.441 e. The molecule has 0 aliphatic rings. The highest BCUT2D eigenvalue weighted by Gasteiger charge is 2.27. The summed E-state index contributed by atoms with van der Waals surface area (Å²) in [6.07, 6.45) is 0. The Hall–Kier alpha value is -0.680. The fraction of sp³-hybridized carbons (Fsp3) is 0.455. The first-order valence-corrected chi connectivity index (χ1v) is 5.93. The Kier molecular flexibility index (Phi) is 5.15. The second-order valence-electron chi connectivity index (χ2n) is 3.46. The fourth-order valence-corrected chi connectivity index (χ4v) is 1.77. The van der Waals surface area contributed by atoms with Gasteiger partial charge in [-0.05, 0) is 24.2 Å². The van der Waals surface area contributed by atoms with E-state index in [1.54, 1.807) is 0 Å². The van der Waals surface area contributed by atoms with Crippen LogP contribution in [0, 0.1) is 6.92 Å². The number of alkyl halides is 3. The first kappa shape index (κ1) is 13.4. The van der Waals surface area contributed by atoms with Crippen LogP contribution in [-0.4, -0.2) is 17.8 Å². The molecule has 0 saturated carbocycles. The molecule has 90 valence electrons. The average molecular weight is 249 g/mol. The molecule has 0 aromatic heterocycles. The van der Waals surface area contributed by atoms with E-state index in [1.807, 2.05) is 31.2 Å². The lowest BCUT2D eigenvalue weighted by molar-refractivity contribution is -0.0327. The smallest absolute Gasteiger partial charge is 0.312 e. The molecular weight excluding hydrogens is 235 g/mol. The van der Waals surface area contributed by atoms with Gasteiger partial charge in [0, 0.05) is 18.8 Å². The van der Waals surface area contributed by atoms with Crippen molar-refractivity contribution >= 4 is 11.8 Å². The summed E-state index contributed by atoms with van der Waals surface area (Å²) in [6, 6.07) is 7.90. The monoisotopic (exact) mass is 249 g/mol. The third-order valence-corrected chi connectivity index (χ3v) is 2.69. The quantitative estimate of drug-likeness (QED) is 0.803. The maximum atomic E-state index is 11.8. The molecule has 0 saturated heterocycles. The van der Waals surface area contributed by atoms with Gasteiger partial charge < -0.3 is 5.32 Å². The Bertz CT molecular complexity index is 325. The maximum Gasteiger partial charge on any atom is 0.441 e. The molecule has 1 aromatic carbocycles. The van der Waals surface area contributed by atoms with E-state index in [0.29, 0.717) is 13.1 Å². The van der Waals surface area contributed by atoms with Crippen molar-refractivity contribution in [3.63, 3.8) is 0 Å². The molecule has 0 heterocycles. The molecule has 0 radical (unpaired) electrons. The van der Waals surface area contributed by atoms with E-state index in [1.165, 1.54) is 0 Å². The lowest BCUT2D eigenvalue weighted by Crippen LogP contribution is -2.18. The molecular formula is C11H14F3NS. The predicted octanol–water partition coefficient (Wildman–Crippen LogP) is 3.34. The third-order valence-electron chi connectivity index (χ3n) is 1.96. The number of rotatable bonds is 5. The van der Waals surface area contributed by atoms with Crippen molar-refractivity contribution in [3.8, 4) is 0 Å². The molecule has 1 N–H and O–H groups in total. The minimum atomic E-state index is -4.12. The van der Waals surface area contributed by atoms with Gasteiger partial charge >= 0.3 is 5.51 Å². The Balaban J connectivity index is 2.17. The van der Waals surface area contributed by atoms with E-state index < -0.39 is 5.51 Å². The van der Waals surface area contributed by atoms with Crippen molar-refractivity contribution < 1.29 is 13.2 Å². The lowest BCUT2D eigenvalue weighted by atomic mass is 10.1. The van der Waals surface area contributed by atoms with Gasteiger partial charge in [-0.3, -0.25) is 0 Å². The normalized spacial score (nSPS) is 11.8. The number of hydrogen-bond acceptors (Lipinski definition) is 2. The summed E-state index contributed by atoms with van der Waals surface area (Å²) < 4.78 is 35.4. The fourth-order valence-electron chi connectivity index (χ4n) is 1.29. The van der Waals surface area contributed by atoms with E-state index in [2.05, 4.69) is 5.32 Å². The number of halogens is 3. The Morgan fingerprint density at radius 3 is 2.69 bits per heavy atom. The van der Waals surface area contributed by atoms with Crippen LogP contribution in [0.1, 0.15) is 11.1 Å². The molecule has 0 bridgehead atoms. The van der Waals surface area contributed by atoms with E-state index in [9.17, 15) is 13.2 Å². The highest BCUT2D eigenvalue weighted by molar-refractivity contribution is 8.00. The molecule has 0 unspecified atom stereocenters. The lowest BCUT2D eigenvalue weighted by Gasteiger charge is -2.07. The van der Waals surface area contributed by atoms with Gasteiger partial charge in [-0.15, -0.1) is 0 Å². The maximum absolute atomic E-state index is 11.8. The Morgan fingerprint density at radius 1 is 1.31 bits per heavy atom. The molecule has 5 heteroatoms. The van der Waals surface area contributed by atoms with E-state index in [-0.39, 0.29) is 17.5 Å². The van der Waals surface area contributed by atoms with E-state index in [4.69, 9.17) is 0 Å². The van der Waals surface area contributed by atoms with Crippen LogP contribution in [-0.2, 0) is 6.54 Å². The second-order valence-corrected chi connectivity index (χ2v) is 4.62. The summed E-state index contributed by atoms with van der Waals surface area (Å²) in [5.41, 5.74) is -1.87. The summed E-state index contributed by atoms with van der Waals surface area (Å²) >= 11 is 0.00936. The van der Waals surface area contributed by atoms with Crippen molar-refractivity contribution in [2.75, 3.05) is 12.3 Å². The summed E-state index contributed by atoms with van der Waals surface area (Å²) in [4.78, 5) is 0. The SMILES string of the molecule is Cc1cccc(CNCCSC(F)(F)F)c1. The van der Waals surface area contributed by atoms with Gasteiger partial charge in [0.25, 0.3) is 0 Å². The van der Waals surface area contributed by atoms with Crippen LogP contribution in [0.25, 0.3) is 0 Å². The highest BCUT2D eigenvalue weighted by atomic mass is 32.2. The van der Waals surface area contributed by atoms with Crippen molar-refractivity contribution in [1.29, 1.82) is 0 Å². The van der Waals surface area contributed by atoms with E-state index in [0.717, 1.165) is 11.1 Å². The minimum absolute atomic E-state index is 0.00936. The zero-order valence-corrected chi connectivity index (χ0v) is 9.79. The van der Waals surface area contributed by atoms with Crippen LogP contribution < -0.4 is 5.32 Å². The Morgan fingerprint density at radius 2 is 2.06 bits per heavy atom. The molecule has 1 nitrogen and oxygen atoms in total. The zero-order chi connectivity index (χ0) is 12.0. The van der Waals surface area contributed by atoms with Gasteiger partial charge in [0.15, 0.2) is 0 Å². The third kappa shape index (κ3) is 6.02. The highest BCUT2D eigenvalue weighted by Crippen LogP contribution is 2.29. The second kappa shape index (κ2) is 6.15. The number of nitrogens with one attached hydrogen (secondary N) is 1. The average Bonchev–Trinajstić information content (AvgIpc) is 2.15. The predicted molar refractivity (Wildman–Crippen MR) is 61.4 cm³/mol. The topological polar surface area (TPSA) is 12.0 Å². The van der Waals surface area contributed by atoms with Crippen molar-refractivity contribution in [2.24, 2.45) is 0 Å². The first-order chi connectivity index (χ1) is 7.47. The van der Waals surface area contributed by atoms with Crippen molar-refractivity contribution in [3.05, 3.63) is 35.4 Å². The number of benzene rings is 1. The summed E-state index contributed by atoms with van der Waals surface area (Å²) in [6.45, 7) is 2.96. The summed E-state index contributed by atoms with van der Waals surface area (Å²) in [7, 11) is 0. The molecule has 0 atom stereocenters. The van der Waals surface area contributed by atoms with Gasteiger partial charge in [-0.25, -0.2) is 0 Å². The number of thioether (sulfide) groups is 1. The number of hydrogen-bond donors (Lipinski definition) is 1.